The summed E-state index contributed by atoms with van der Waals surface area (Å²) < 4.78 is 6.25. The Morgan fingerprint density at radius 1 is 1.39 bits per heavy atom. The SMILES string of the molecule is CCCNCCC1(Oc2cccnc2C)CCC1. The van der Waals surface area contributed by atoms with Gasteiger partial charge in [-0.15, -0.1) is 0 Å². The third-order valence-electron chi connectivity index (χ3n) is 3.73. The van der Waals surface area contributed by atoms with E-state index in [9.17, 15) is 0 Å². The molecule has 0 aliphatic heterocycles. The summed E-state index contributed by atoms with van der Waals surface area (Å²) >= 11 is 0. The van der Waals surface area contributed by atoms with E-state index < -0.39 is 0 Å². The summed E-state index contributed by atoms with van der Waals surface area (Å²) in [6.07, 6.45) is 7.74. The Morgan fingerprint density at radius 2 is 2.22 bits per heavy atom. The first-order chi connectivity index (χ1) is 8.76. The molecule has 0 aromatic carbocycles. The Balaban J connectivity index is 1.90. The number of pyridine rings is 1. The largest absolute Gasteiger partial charge is 0.485 e. The Morgan fingerprint density at radius 3 is 2.83 bits per heavy atom. The minimum Gasteiger partial charge on any atom is -0.485 e. The number of nitrogens with one attached hydrogen (secondary N) is 1. The van der Waals surface area contributed by atoms with Gasteiger partial charge in [0.05, 0.1) is 5.69 Å². The zero-order valence-corrected chi connectivity index (χ0v) is 11.5. The molecule has 1 saturated carbocycles. The fraction of sp³-hybridized carbons (Fsp3) is 0.667. The minimum absolute atomic E-state index is 0.0640. The molecule has 0 atom stereocenters. The van der Waals surface area contributed by atoms with Crippen molar-refractivity contribution < 1.29 is 4.74 Å². The van der Waals surface area contributed by atoms with E-state index in [4.69, 9.17) is 4.74 Å². The minimum atomic E-state index is 0.0640. The Kier molecular flexibility index (Phi) is 4.59. The van der Waals surface area contributed by atoms with E-state index in [-0.39, 0.29) is 5.60 Å². The van der Waals surface area contributed by atoms with Gasteiger partial charge < -0.3 is 10.1 Å². The molecule has 1 N–H and O–H groups in total. The summed E-state index contributed by atoms with van der Waals surface area (Å²) in [7, 11) is 0. The molecule has 3 heteroatoms. The summed E-state index contributed by atoms with van der Waals surface area (Å²) in [6.45, 7) is 6.35. The molecule has 1 aromatic rings. The van der Waals surface area contributed by atoms with Crippen LogP contribution in [0, 0.1) is 6.92 Å². The number of nitrogens with zero attached hydrogens (tertiary/aromatic N) is 1. The molecule has 3 nitrogen and oxygen atoms in total. The number of hydrogen-bond acceptors (Lipinski definition) is 3. The van der Waals surface area contributed by atoms with E-state index in [2.05, 4.69) is 17.2 Å². The van der Waals surface area contributed by atoms with Crippen molar-refractivity contribution in [1.29, 1.82) is 0 Å². The van der Waals surface area contributed by atoms with Gasteiger partial charge in [0.1, 0.15) is 11.4 Å². The number of aryl methyl sites for hydroxylation is 1. The van der Waals surface area contributed by atoms with Gasteiger partial charge >= 0.3 is 0 Å². The maximum atomic E-state index is 6.25. The van der Waals surface area contributed by atoms with Gasteiger partial charge in [-0.3, -0.25) is 4.98 Å². The highest BCUT2D eigenvalue weighted by atomic mass is 16.5. The maximum absolute atomic E-state index is 6.25. The van der Waals surface area contributed by atoms with Crippen LogP contribution in [0.5, 0.6) is 5.75 Å². The van der Waals surface area contributed by atoms with Crippen LogP contribution in [0.15, 0.2) is 18.3 Å². The summed E-state index contributed by atoms with van der Waals surface area (Å²) in [5.74, 6) is 0.952. The lowest BCUT2D eigenvalue weighted by Gasteiger charge is -2.42. The molecule has 18 heavy (non-hydrogen) atoms. The van der Waals surface area contributed by atoms with Crippen molar-refractivity contribution in [3.05, 3.63) is 24.0 Å². The predicted octanol–water partition coefficient (Wildman–Crippen LogP) is 3.08. The van der Waals surface area contributed by atoms with Crippen LogP contribution in [0.1, 0.15) is 44.7 Å². The average molecular weight is 248 g/mol. The lowest BCUT2D eigenvalue weighted by molar-refractivity contribution is -0.0150. The van der Waals surface area contributed by atoms with Gasteiger partial charge in [0, 0.05) is 6.20 Å². The first-order valence-electron chi connectivity index (χ1n) is 7.07. The van der Waals surface area contributed by atoms with Gasteiger partial charge in [-0.05, 0) is 64.3 Å². The molecule has 0 unspecified atom stereocenters. The van der Waals surface area contributed by atoms with E-state index in [0.717, 1.165) is 31.0 Å². The lowest BCUT2D eigenvalue weighted by atomic mass is 9.77. The topological polar surface area (TPSA) is 34.1 Å². The standard InChI is InChI=1S/C15H24N2O/c1-3-10-16-12-9-15(7-5-8-15)18-14-6-4-11-17-13(14)2/h4,6,11,16H,3,5,7-10,12H2,1-2H3. The Bertz CT molecular complexity index is 375. The fourth-order valence-corrected chi connectivity index (χ4v) is 2.40. The highest BCUT2D eigenvalue weighted by Gasteiger charge is 2.39. The van der Waals surface area contributed by atoms with Gasteiger partial charge in [-0.2, -0.15) is 0 Å². The maximum Gasteiger partial charge on any atom is 0.141 e. The summed E-state index contributed by atoms with van der Waals surface area (Å²) in [5.41, 5.74) is 1.06. The van der Waals surface area contributed by atoms with Crippen LogP contribution in [-0.2, 0) is 0 Å². The van der Waals surface area contributed by atoms with Gasteiger partial charge in [-0.1, -0.05) is 6.92 Å². The normalized spacial score (nSPS) is 17.2. The van der Waals surface area contributed by atoms with Crippen LogP contribution in [-0.4, -0.2) is 23.7 Å². The highest BCUT2D eigenvalue weighted by molar-refractivity contribution is 5.26. The molecule has 0 bridgehead atoms. The van der Waals surface area contributed by atoms with Crippen LogP contribution in [0.2, 0.25) is 0 Å². The van der Waals surface area contributed by atoms with Crippen molar-refractivity contribution in [3.8, 4) is 5.75 Å². The van der Waals surface area contributed by atoms with Crippen molar-refractivity contribution in [3.63, 3.8) is 0 Å². The highest BCUT2D eigenvalue weighted by Crippen LogP contribution is 2.39. The molecule has 1 fully saturated rings. The van der Waals surface area contributed by atoms with Crippen LogP contribution >= 0.6 is 0 Å². The summed E-state index contributed by atoms with van der Waals surface area (Å²) in [4.78, 5) is 4.29. The smallest absolute Gasteiger partial charge is 0.141 e. The Hall–Kier alpha value is -1.09. The molecular formula is C15H24N2O. The first-order valence-corrected chi connectivity index (χ1v) is 7.07. The molecule has 0 amide bonds. The molecule has 1 aliphatic rings. The second-order valence-electron chi connectivity index (χ2n) is 5.23. The number of hydrogen-bond donors (Lipinski definition) is 1. The molecule has 1 heterocycles. The monoisotopic (exact) mass is 248 g/mol. The van der Waals surface area contributed by atoms with Gasteiger partial charge in [0.15, 0.2) is 0 Å². The second kappa shape index (κ2) is 6.19. The number of ether oxygens (including phenoxy) is 1. The van der Waals surface area contributed by atoms with E-state index in [1.54, 1.807) is 0 Å². The molecule has 2 rings (SSSR count). The van der Waals surface area contributed by atoms with Gasteiger partial charge in [-0.25, -0.2) is 0 Å². The zero-order valence-electron chi connectivity index (χ0n) is 11.5. The molecule has 0 spiro atoms. The average Bonchev–Trinajstić information content (AvgIpc) is 2.33. The summed E-state index contributed by atoms with van der Waals surface area (Å²) in [6, 6.07) is 3.98. The molecular weight excluding hydrogens is 224 g/mol. The number of rotatable bonds is 7. The predicted molar refractivity (Wildman–Crippen MR) is 74.0 cm³/mol. The summed E-state index contributed by atoms with van der Waals surface area (Å²) in [5, 5.41) is 3.46. The van der Waals surface area contributed by atoms with E-state index >= 15 is 0 Å². The van der Waals surface area contributed by atoms with Gasteiger partial charge in [0.25, 0.3) is 0 Å². The third-order valence-corrected chi connectivity index (χ3v) is 3.73. The first kappa shape index (κ1) is 13.3. The van der Waals surface area contributed by atoms with Crippen LogP contribution < -0.4 is 10.1 Å². The van der Waals surface area contributed by atoms with Gasteiger partial charge in [0.2, 0.25) is 0 Å². The number of aromatic nitrogens is 1. The quantitative estimate of drug-likeness (QED) is 0.753. The van der Waals surface area contributed by atoms with Crippen LogP contribution in [0.3, 0.4) is 0 Å². The molecule has 100 valence electrons. The molecule has 1 aliphatic carbocycles. The lowest BCUT2D eigenvalue weighted by Crippen LogP contribution is -2.45. The molecule has 0 saturated heterocycles. The van der Waals surface area contributed by atoms with E-state index in [1.165, 1.54) is 25.7 Å². The van der Waals surface area contributed by atoms with Crippen molar-refractivity contribution >= 4 is 0 Å². The van der Waals surface area contributed by atoms with Crippen molar-refractivity contribution in [1.82, 2.24) is 10.3 Å². The van der Waals surface area contributed by atoms with E-state index in [1.807, 2.05) is 25.3 Å². The van der Waals surface area contributed by atoms with Crippen LogP contribution in [0.25, 0.3) is 0 Å². The second-order valence-corrected chi connectivity index (χ2v) is 5.23. The van der Waals surface area contributed by atoms with Crippen molar-refractivity contribution in [2.75, 3.05) is 13.1 Å². The van der Waals surface area contributed by atoms with Crippen molar-refractivity contribution in [2.24, 2.45) is 0 Å². The molecule has 1 aromatic heterocycles. The fourth-order valence-electron chi connectivity index (χ4n) is 2.40. The van der Waals surface area contributed by atoms with E-state index in [0.29, 0.717) is 0 Å². The zero-order chi connectivity index (χ0) is 12.8. The van der Waals surface area contributed by atoms with Crippen molar-refractivity contribution in [2.45, 2.75) is 51.6 Å². The molecule has 0 radical (unpaired) electrons. The Labute approximate surface area is 110 Å². The van der Waals surface area contributed by atoms with Crippen LogP contribution in [0.4, 0.5) is 0 Å². The third kappa shape index (κ3) is 3.22.